The molecule has 1 aliphatic carbocycles. The lowest BCUT2D eigenvalue weighted by Gasteiger charge is -2.21. The highest BCUT2D eigenvalue weighted by Gasteiger charge is 2.17. The maximum absolute atomic E-state index is 10.2. The van der Waals surface area contributed by atoms with Gasteiger partial charge in [-0.1, -0.05) is 12.1 Å². The van der Waals surface area contributed by atoms with Crippen molar-refractivity contribution < 1.29 is 9.84 Å². The van der Waals surface area contributed by atoms with Crippen LogP contribution in [0.5, 0.6) is 11.5 Å². The van der Waals surface area contributed by atoms with Gasteiger partial charge in [0.1, 0.15) is 5.01 Å². The summed E-state index contributed by atoms with van der Waals surface area (Å²) in [6, 6.07) is 5.55. The lowest BCUT2D eigenvalue weighted by Crippen LogP contribution is -2.38. The number of rotatable bonds is 7. The fraction of sp³-hybridized carbons (Fsp3) is 0.524. The van der Waals surface area contributed by atoms with Gasteiger partial charge >= 0.3 is 0 Å². The number of para-hydroxylation sites is 1. The third-order valence-electron chi connectivity index (χ3n) is 4.90. The largest absolute Gasteiger partial charge is 0.504 e. The molecule has 2 N–H and O–H groups in total. The zero-order chi connectivity index (χ0) is 19.9. The molecule has 1 heterocycles. The molecular formula is C21H30N4O2S. The number of phenols is 1. The number of guanidine groups is 1. The monoisotopic (exact) mass is 402 g/mol. The zero-order valence-electron chi connectivity index (χ0n) is 17.0. The summed E-state index contributed by atoms with van der Waals surface area (Å²) < 4.78 is 5.18. The van der Waals surface area contributed by atoms with E-state index in [1.807, 2.05) is 30.5 Å². The summed E-state index contributed by atoms with van der Waals surface area (Å²) in [5.74, 6) is 1.56. The summed E-state index contributed by atoms with van der Waals surface area (Å²) in [4.78, 5) is 13.2. The molecule has 0 aliphatic heterocycles. The van der Waals surface area contributed by atoms with Crippen molar-refractivity contribution in [2.45, 2.75) is 45.6 Å². The van der Waals surface area contributed by atoms with Crippen molar-refractivity contribution in [3.05, 3.63) is 39.3 Å². The molecule has 0 unspecified atom stereocenters. The number of hydrogen-bond acceptors (Lipinski definition) is 5. The molecule has 0 bridgehead atoms. The van der Waals surface area contributed by atoms with E-state index in [4.69, 9.17) is 14.7 Å². The van der Waals surface area contributed by atoms with Crippen LogP contribution in [-0.4, -0.2) is 48.2 Å². The number of methoxy groups -OCH3 is 1. The number of thiazole rings is 1. The molecule has 2 aromatic rings. The van der Waals surface area contributed by atoms with Crippen molar-refractivity contribution in [3.8, 4) is 11.5 Å². The maximum Gasteiger partial charge on any atom is 0.194 e. The van der Waals surface area contributed by atoms with Crippen LogP contribution in [0.15, 0.2) is 23.2 Å². The van der Waals surface area contributed by atoms with Gasteiger partial charge in [0.05, 0.1) is 19.3 Å². The first-order valence-corrected chi connectivity index (χ1v) is 10.8. The highest BCUT2D eigenvalue weighted by molar-refractivity contribution is 7.11. The minimum absolute atomic E-state index is 0.201. The Morgan fingerprint density at radius 1 is 1.36 bits per heavy atom. The van der Waals surface area contributed by atoms with Gasteiger partial charge in [0.25, 0.3) is 0 Å². The molecule has 0 saturated carbocycles. The predicted octanol–water partition coefficient (Wildman–Crippen LogP) is 3.38. The molecule has 0 amide bonds. The summed E-state index contributed by atoms with van der Waals surface area (Å²) >= 11 is 1.84. The van der Waals surface area contributed by atoms with Crippen LogP contribution in [0, 0.1) is 0 Å². The van der Waals surface area contributed by atoms with Gasteiger partial charge in [0, 0.05) is 25.0 Å². The van der Waals surface area contributed by atoms with Gasteiger partial charge in [0.2, 0.25) is 0 Å². The van der Waals surface area contributed by atoms with Crippen LogP contribution < -0.4 is 10.1 Å². The Morgan fingerprint density at radius 3 is 2.93 bits per heavy atom. The van der Waals surface area contributed by atoms with Crippen molar-refractivity contribution in [2.75, 3.05) is 27.2 Å². The molecule has 6 nitrogen and oxygen atoms in total. The molecule has 1 aliphatic rings. The van der Waals surface area contributed by atoms with Crippen LogP contribution in [0.3, 0.4) is 0 Å². The first-order chi connectivity index (χ1) is 13.6. The quantitative estimate of drug-likeness (QED) is 0.549. The average molecular weight is 403 g/mol. The molecule has 0 atom stereocenters. The summed E-state index contributed by atoms with van der Waals surface area (Å²) in [5, 5.41) is 14.7. The van der Waals surface area contributed by atoms with Crippen molar-refractivity contribution in [1.82, 2.24) is 15.2 Å². The number of hydrogen-bond donors (Lipinski definition) is 2. The molecular weight excluding hydrogens is 372 g/mol. The minimum atomic E-state index is 0.201. The number of nitrogens with zero attached hydrogens (tertiary/aromatic N) is 3. The summed E-state index contributed by atoms with van der Waals surface area (Å²) in [6.45, 7) is 4.22. The Labute approximate surface area is 171 Å². The Hall–Kier alpha value is -2.28. The second-order valence-electron chi connectivity index (χ2n) is 6.99. The van der Waals surface area contributed by atoms with E-state index in [1.54, 1.807) is 13.2 Å². The van der Waals surface area contributed by atoms with Gasteiger partial charge < -0.3 is 20.1 Å². The topological polar surface area (TPSA) is 70.0 Å². The van der Waals surface area contributed by atoms with E-state index < -0.39 is 0 Å². The number of aromatic nitrogens is 1. The highest BCUT2D eigenvalue weighted by atomic mass is 32.1. The first kappa shape index (κ1) is 20.5. The third-order valence-corrected chi connectivity index (χ3v) is 6.05. The fourth-order valence-electron chi connectivity index (χ4n) is 3.44. The molecule has 0 fully saturated rings. The van der Waals surface area contributed by atoms with E-state index in [9.17, 15) is 5.11 Å². The Kier molecular flexibility index (Phi) is 7.14. The van der Waals surface area contributed by atoms with E-state index >= 15 is 0 Å². The third kappa shape index (κ3) is 4.95. The molecule has 152 valence electrons. The zero-order valence-corrected chi connectivity index (χ0v) is 17.8. The van der Waals surface area contributed by atoms with Crippen LogP contribution >= 0.6 is 11.3 Å². The predicted molar refractivity (Wildman–Crippen MR) is 115 cm³/mol. The van der Waals surface area contributed by atoms with Crippen molar-refractivity contribution >= 4 is 17.3 Å². The Bertz CT molecular complexity index is 795. The number of fused-ring (bicyclic) bond motifs is 1. The summed E-state index contributed by atoms with van der Waals surface area (Å²) in [6.07, 6.45) is 5.48. The number of aliphatic imine (C=N–C) groups is 1. The van der Waals surface area contributed by atoms with Gasteiger partial charge in [-0.05, 0) is 50.7 Å². The SMILES string of the molecule is CCNC(=NCCc1cccc(OC)c1O)N(C)Cc1nc2c(s1)CCCC2. The van der Waals surface area contributed by atoms with Gasteiger partial charge in [-0.25, -0.2) is 4.98 Å². The Morgan fingerprint density at radius 2 is 2.18 bits per heavy atom. The van der Waals surface area contributed by atoms with Crippen LogP contribution in [0.1, 0.15) is 40.9 Å². The molecule has 0 saturated heterocycles. The number of nitrogens with one attached hydrogen (secondary N) is 1. The van der Waals surface area contributed by atoms with E-state index in [-0.39, 0.29) is 5.75 Å². The molecule has 0 radical (unpaired) electrons. The van der Waals surface area contributed by atoms with E-state index in [0.717, 1.165) is 36.0 Å². The van der Waals surface area contributed by atoms with Crippen molar-refractivity contribution in [2.24, 2.45) is 4.99 Å². The summed E-state index contributed by atoms with van der Waals surface area (Å²) in [7, 11) is 3.61. The van der Waals surface area contributed by atoms with Crippen LogP contribution in [0.2, 0.25) is 0 Å². The number of phenolic OH excluding ortho intramolecular Hbond substituents is 1. The van der Waals surface area contributed by atoms with Crippen LogP contribution in [-0.2, 0) is 25.8 Å². The number of benzene rings is 1. The van der Waals surface area contributed by atoms with E-state index in [0.29, 0.717) is 18.7 Å². The number of aryl methyl sites for hydroxylation is 2. The average Bonchev–Trinajstić information content (AvgIpc) is 3.10. The lowest BCUT2D eigenvalue weighted by atomic mass is 10.0. The van der Waals surface area contributed by atoms with E-state index in [1.165, 1.54) is 29.8 Å². The standard InChI is InChI=1S/C21H30N4O2S/c1-4-22-21(23-13-12-15-8-7-10-17(27-3)20(15)26)25(2)14-19-24-16-9-5-6-11-18(16)28-19/h7-8,10,26H,4-6,9,11-14H2,1-3H3,(H,22,23). The fourth-order valence-corrected chi connectivity index (χ4v) is 4.65. The van der Waals surface area contributed by atoms with Gasteiger partial charge in [-0.2, -0.15) is 0 Å². The molecule has 1 aromatic carbocycles. The summed E-state index contributed by atoms with van der Waals surface area (Å²) in [5.41, 5.74) is 2.14. The van der Waals surface area contributed by atoms with Gasteiger partial charge in [0.15, 0.2) is 17.5 Å². The smallest absolute Gasteiger partial charge is 0.194 e. The number of aromatic hydroxyl groups is 1. The van der Waals surface area contributed by atoms with E-state index in [2.05, 4.69) is 17.1 Å². The lowest BCUT2D eigenvalue weighted by molar-refractivity contribution is 0.370. The van der Waals surface area contributed by atoms with Crippen molar-refractivity contribution in [3.63, 3.8) is 0 Å². The number of ether oxygens (including phenoxy) is 1. The van der Waals surface area contributed by atoms with Crippen molar-refractivity contribution in [1.29, 1.82) is 0 Å². The van der Waals surface area contributed by atoms with Crippen LogP contribution in [0.25, 0.3) is 0 Å². The minimum Gasteiger partial charge on any atom is -0.504 e. The second-order valence-corrected chi connectivity index (χ2v) is 8.16. The maximum atomic E-state index is 10.2. The second kappa shape index (κ2) is 9.78. The Balaban J connectivity index is 1.64. The molecule has 7 heteroatoms. The molecule has 28 heavy (non-hydrogen) atoms. The molecule has 1 aromatic heterocycles. The first-order valence-electron chi connectivity index (χ1n) is 9.94. The highest BCUT2D eigenvalue weighted by Crippen LogP contribution is 2.29. The molecule has 0 spiro atoms. The van der Waals surface area contributed by atoms with Gasteiger partial charge in [-0.15, -0.1) is 11.3 Å². The van der Waals surface area contributed by atoms with Gasteiger partial charge in [-0.3, -0.25) is 4.99 Å². The normalized spacial score (nSPS) is 13.9. The van der Waals surface area contributed by atoms with Crippen LogP contribution in [0.4, 0.5) is 0 Å². The molecule has 3 rings (SSSR count).